The average molecular weight is 225 g/mol. The van der Waals surface area contributed by atoms with E-state index in [1.807, 2.05) is 6.92 Å². The van der Waals surface area contributed by atoms with Gasteiger partial charge >= 0.3 is 0 Å². The van der Waals surface area contributed by atoms with Crippen LogP contribution in [0.15, 0.2) is 0 Å². The third-order valence-corrected chi connectivity index (χ3v) is 1.71. The van der Waals surface area contributed by atoms with Crippen LogP contribution in [0.3, 0.4) is 0 Å². The van der Waals surface area contributed by atoms with Gasteiger partial charge < -0.3 is 4.79 Å². The Morgan fingerprint density at radius 1 is 1.86 bits per heavy atom. The summed E-state index contributed by atoms with van der Waals surface area (Å²) in [6.07, 6.45) is 1.91. The molecule has 1 unspecified atom stereocenters. The Balaban J connectivity index is 0. The average Bonchev–Trinajstić information content (AvgIpc) is 1.65. The number of hydrogen-bond donors (Lipinski definition) is 0. The van der Waals surface area contributed by atoms with Crippen molar-refractivity contribution in [3.8, 4) is 0 Å². The van der Waals surface area contributed by atoms with Gasteiger partial charge in [-0.1, -0.05) is 29.5 Å². The van der Waals surface area contributed by atoms with Gasteiger partial charge in [0.25, 0.3) is 0 Å². The molecule has 0 saturated carbocycles. The molecule has 7 heavy (non-hydrogen) atoms. The standard InChI is InChI=1S/C4H7IO.Al/c1-2-4(5)3-6;/h3-4H,2H2,1H3;. The summed E-state index contributed by atoms with van der Waals surface area (Å²) in [6.45, 7) is 1.99. The molecule has 1 atom stereocenters. The molecule has 0 amide bonds. The Hall–Kier alpha value is 0.932. The molecule has 39 valence electrons. The first-order valence-electron chi connectivity index (χ1n) is 1.90. The molecule has 0 aromatic carbocycles. The summed E-state index contributed by atoms with van der Waals surface area (Å²) in [5.41, 5.74) is 0. The fraction of sp³-hybridized carbons (Fsp3) is 0.750. The lowest BCUT2D eigenvalue weighted by atomic mass is 10.4. The largest absolute Gasteiger partial charge is 0.302 e. The maximum Gasteiger partial charge on any atom is 0.132 e. The van der Waals surface area contributed by atoms with Crippen molar-refractivity contribution in [2.75, 3.05) is 0 Å². The second kappa shape index (κ2) is 6.93. The zero-order chi connectivity index (χ0) is 4.99. The Bertz CT molecular complexity index is 49.0. The van der Waals surface area contributed by atoms with Crippen LogP contribution in [0, 0.1) is 0 Å². The molecule has 0 N–H and O–H groups in total. The molecule has 1 nitrogen and oxygen atoms in total. The SMILES string of the molecule is CCC(I)C=O.[Al]. The zero-order valence-electron chi connectivity index (χ0n) is 4.23. The van der Waals surface area contributed by atoms with E-state index in [0.717, 1.165) is 12.7 Å². The maximum absolute atomic E-state index is 9.73. The van der Waals surface area contributed by atoms with Crippen molar-refractivity contribution in [3.63, 3.8) is 0 Å². The molecule has 0 fully saturated rings. The van der Waals surface area contributed by atoms with Gasteiger partial charge in [-0.25, -0.2) is 0 Å². The van der Waals surface area contributed by atoms with Crippen molar-refractivity contribution in [2.24, 2.45) is 0 Å². The van der Waals surface area contributed by atoms with Crippen LogP contribution in [0.1, 0.15) is 13.3 Å². The quantitative estimate of drug-likeness (QED) is 0.296. The van der Waals surface area contributed by atoms with E-state index in [0.29, 0.717) is 0 Å². The van der Waals surface area contributed by atoms with E-state index in [1.165, 1.54) is 0 Å². The third-order valence-electron chi connectivity index (χ3n) is 0.538. The molecule has 0 spiro atoms. The first-order chi connectivity index (χ1) is 2.81. The Kier molecular flexibility index (Phi) is 10.7. The Morgan fingerprint density at radius 3 is 2.29 bits per heavy atom. The van der Waals surface area contributed by atoms with Crippen LogP contribution in [0.4, 0.5) is 0 Å². The first-order valence-corrected chi connectivity index (χ1v) is 3.15. The minimum Gasteiger partial charge on any atom is -0.302 e. The lowest BCUT2D eigenvalue weighted by Gasteiger charge is -1.87. The van der Waals surface area contributed by atoms with Gasteiger partial charge in [-0.2, -0.15) is 0 Å². The molecular weight excluding hydrogens is 218 g/mol. The van der Waals surface area contributed by atoms with E-state index >= 15 is 0 Å². The topological polar surface area (TPSA) is 17.1 Å². The minimum absolute atomic E-state index is 0. The molecule has 0 aliphatic carbocycles. The smallest absolute Gasteiger partial charge is 0.132 e. The van der Waals surface area contributed by atoms with Gasteiger partial charge in [-0.3, -0.25) is 0 Å². The van der Waals surface area contributed by atoms with Crippen molar-refractivity contribution in [1.29, 1.82) is 0 Å². The number of halogens is 1. The number of carbonyl (C=O) groups is 1. The molecule has 0 rings (SSSR count). The van der Waals surface area contributed by atoms with Crippen LogP contribution < -0.4 is 0 Å². The van der Waals surface area contributed by atoms with Crippen molar-refractivity contribution in [1.82, 2.24) is 0 Å². The monoisotopic (exact) mass is 225 g/mol. The van der Waals surface area contributed by atoms with Gasteiger partial charge in [-0.05, 0) is 6.42 Å². The molecule has 0 aromatic rings. The summed E-state index contributed by atoms with van der Waals surface area (Å²) in [6, 6.07) is 0. The highest BCUT2D eigenvalue weighted by atomic mass is 127. The second-order valence-corrected chi connectivity index (χ2v) is 2.66. The van der Waals surface area contributed by atoms with E-state index in [1.54, 1.807) is 0 Å². The van der Waals surface area contributed by atoms with Gasteiger partial charge in [0.2, 0.25) is 0 Å². The highest BCUT2D eigenvalue weighted by Gasteiger charge is 1.91. The van der Waals surface area contributed by atoms with Crippen LogP contribution in [-0.4, -0.2) is 27.6 Å². The van der Waals surface area contributed by atoms with Crippen LogP contribution in [0.2, 0.25) is 0 Å². The van der Waals surface area contributed by atoms with Gasteiger partial charge in [0.1, 0.15) is 6.29 Å². The Morgan fingerprint density at radius 2 is 2.29 bits per heavy atom. The summed E-state index contributed by atoms with van der Waals surface area (Å²) in [4.78, 5) is 9.73. The van der Waals surface area contributed by atoms with Crippen LogP contribution in [0.5, 0.6) is 0 Å². The van der Waals surface area contributed by atoms with E-state index in [-0.39, 0.29) is 21.3 Å². The summed E-state index contributed by atoms with van der Waals surface area (Å²) in [7, 11) is 0. The lowest BCUT2D eigenvalue weighted by Crippen LogP contribution is -1.92. The third kappa shape index (κ3) is 6.93. The van der Waals surface area contributed by atoms with Crippen LogP contribution in [-0.2, 0) is 4.79 Å². The van der Waals surface area contributed by atoms with Gasteiger partial charge in [0.05, 0.1) is 3.92 Å². The zero-order valence-corrected chi connectivity index (χ0v) is 7.54. The van der Waals surface area contributed by atoms with Crippen LogP contribution >= 0.6 is 22.6 Å². The predicted octanol–water partition coefficient (Wildman–Crippen LogP) is 1.02. The molecule has 0 aromatic heterocycles. The van der Waals surface area contributed by atoms with Crippen molar-refractivity contribution >= 4 is 46.2 Å². The van der Waals surface area contributed by atoms with Gasteiger partial charge in [0, 0.05) is 17.4 Å². The second-order valence-electron chi connectivity index (χ2n) is 1.06. The van der Waals surface area contributed by atoms with E-state index < -0.39 is 0 Å². The van der Waals surface area contributed by atoms with Gasteiger partial charge in [-0.15, -0.1) is 0 Å². The number of hydrogen-bond acceptors (Lipinski definition) is 1. The summed E-state index contributed by atoms with van der Waals surface area (Å²) >= 11 is 2.10. The molecule has 0 aliphatic rings. The number of rotatable bonds is 2. The highest BCUT2D eigenvalue weighted by Crippen LogP contribution is 1.98. The summed E-state index contributed by atoms with van der Waals surface area (Å²) in [5.74, 6) is 0. The fourth-order valence-electron chi connectivity index (χ4n) is 0.0962. The van der Waals surface area contributed by atoms with Crippen LogP contribution in [0.25, 0.3) is 0 Å². The highest BCUT2D eigenvalue weighted by molar-refractivity contribution is 14.1. The predicted molar refractivity (Wildman–Crippen MR) is 39.9 cm³/mol. The minimum atomic E-state index is 0. The molecule has 0 bridgehead atoms. The van der Waals surface area contributed by atoms with E-state index in [4.69, 9.17) is 0 Å². The van der Waals surface area contributed by atoms with Crippen molar-refractivity contribution < 1.29 is 4.79 Å². The molecule has 3 radical (unpaired) electrons. The first kappa shape index (κ1) is 10.8. The van der Waals surface area contributed by atoms with Gasteiger partial charge in [0.15, 0.2) is 0 Å². The van der Waals surface area contributed by atoms with E-state index in [9.17, 15) is 4.79 Å². The summed E-state index contributed by atoms with van der Waals surface area (Å²) in [5, 5.41) is 0. The lowest BCUT2D eigenvalue weighted by molar-refractivity contribution is -0.107. The molecule has 0 aliphatic heterocycles. The summed E-state index contributed by atoms with van der Waals surface area (Å²) < 4.78 is 0.225. The van der Waals surface area contributed by atoms with Crippen molar-refractivity contribution in [2.45, 2.75) is 17.3 Å². The van der Waals surface area contributed by atoms with E-state index in [2.05, 4.69) is 22.6 Å². The Labute approximate surface area is 68.1 Å². The number of aldehydes is 1. The number of alkyl halides is 1. The molecule has 0 heterocycles. The number of carbonyl (C=O) groups excluding carboxylic acids is 1. The maximum atomic E-state index is 9.73. The molecule has 0 saturated heterocycles. The fourth-order valence-corrected chi connectivity index (χ4v) is 0.0962. The normalized spacial score (nSPS) is 11.7. The molecule has 3 heteroatoms. The molecular formula is C4H7AlIO. The van der Waals surface area contributed by atoms with Crippen molar-refractivity contribution in [3.05, 3.63) is 0 Å².